The number of aryl methyl sites for hydroxylation is 1. The zero-order valence-electron chi connectivity index (χ0n) is 11.0. The first kappa shape index (κ1) is 12.9. The summed E-state index contributed by atoms with van der Waals surface area (Å²) in [5.74, 6) is -0.277. The molecule has 0 aromatic heterocycles. The monoisotopic (exact) mass is 247 g/mol. The Kier molecular flexibility index (Phi) is 3.87. The van der Waals surface area contributed by atoms with Gasteiger partial charge < -0.3 is 16.0 Å². The number of nitrogens with zero attached hydrogens (tertiary/aromatic N) is 1. The molecular formula is C14H21N3O. The topological polar surface area (TPSA) is 58.4 Å². The van der Waals surface area contributed by atoms with Gasteiger partial charge in [-0.2, -0.15) is 0 Å². The van der Waals surface area contributed by atoms with E-state index in [9.17, 15) is 4.79 Å². The predicted molar refractivity (Wildman–Crippen MR) is 73.6 cm³/mol. The van der Waals surface area contributed by atoms with Crippen LogP contribution >= 0.6 is 0 Å². The first-order valence-electron chi connectivity index (χ1n) is 6.39. The van der Waals surface area contributed by atoms with Crippen LogP contribution in [0.3, 0.4) is 0 Å². The van der Waals surface area contributed by atoms with E-state index >= 15 is 0 Å². The van der Waals surface area contributed by atoms with Crippen LogP contribution in [0.2, 0.25) is 0 Å². The Bertz CT molecular complexity index is 412. The second-order valence-corrected chi connectivity index (χ2v) is 5.11. The summed E-state index contributed by atoms with van der Waals surface area (Å²) in [5, 5.41) is 3.29. The second-order valence-electron chi connectivity index (χ2n) is 5.11. The summed E-state index contributed by atoms with van der Waals surface area (Å²) >= 11 is 0. The molecule has 0 aliphatic heterocycles. The molecule has 0 radical (unpaired) electrons. The van der Waals surface area contributed by atoms with E-state index in [-0.39, 0.29) is 11.9 Å². The molecule has 1 aliphatic carbocycles. The first-order chi connectivity index (χ1) is 8.56. The van der Waals surface area contributed by atoms with Crippen molar-refractivity contribution in [2.45, 2.75) is 31.8 Å². The molecule has 1 amide bonds. The molecule has 0 heterocycles. The summed E-state index contributed by atoms with van der Waals surface area (Å²) in [6.07, 6.45) is 2.30. The number of likely N-dealkylation sites (N-methyl/N-ethyl adjacent to an activating group) is 1. The maximum atomic E-state index is 11.4. The fourth-order valence-corrected chi connectivity index (χ4v) is 1.94. The predicted octanol–water partition coefficient (Wildman–Crippen LogP) is 1.04. The number of nitrogens with two attached hydrogens (primary N) is 1. The van der Waals surface area contributed by atoms with E-state index in [1.165, 1.54) is 5.56 Å². The summed E-state index contributed by atoms with van der Waals surface area (Å²) in [6.45, 7) is 2.67. The van der Waals surface area contributed by atoms with Gasteiger partial charge in [-0.05, 0) is 31.9 Å². The summed E-state index contributed by atoms with van der Waals surface area (Å²) in [5.41, 5.74) is 7.77. The molecule has 1 unspecified atom stereocenters. The quantitative estimate of drug-likeness (QED) is 0.789. The van der Waals surface area contributed by atoms with Gasteiger partial charge in [0.05, 0.1) is 0 Å². The summed E-state index contributed by atoms with van der Waals surface area (Å²) in [7, 11) is 1.98. The van der Waals surface area contributed by atoms with Gasteiger partial charge >= 0.3 is 0 Å². The van der Waals surface area contributed by atoms with Gasteiger partial charge in [-0.1, -0.05) is 17.7 Å². The van der Waals surface area contributed by atoms with Crippen molar-refractivity contribution in [3.05, 3.63) is 29.8 Å². The Morgan fingerprint density at radius 2 is 2.06 bits per heavy atom. The lowest BCUT2D eigenvalue weighted by atomic mass is 10.2. The average Bonchev–Trinajstić information content (AvgIpc) is 3.12. The van der Waals surface area contributed by atoms with E-state index in [1.54, 1.807) is 0 Å². The zero-order chi connectivity index (χ0) is 13.1. The van der Waals surface area contributed by atoms with Crippen molar-refractivity contribution in [2.24, 2.45) is 5.73 Å². The van der Waals surface area contributed by atoms with Gasteiger partial charge in [0.25, 0.3) is 0 Å². The van der Waals surface area contributed by atoms with Crippen LogP contribution in [0, 0.1) is 6.92 Å². The Hall–Kier alpha value is -1.55. The van der Waals surface area contributed by atoms with E-state index in [0.717, 1.165) is 18.5 Å². The molecule has 1 saturated carbocycles. The summed E-state index contributed by atoms with van der Waals surface area (Å²) in [6, 6.07) is 8.46. The normalized spacial score (nSPS) is 16.3. The second kappa shape index (κ2) is 5.40. The molecule has 1 aliphatic rings. The Balaban J connectivity index is 1.96. The van der Waals surface area contributed by atoms with Gasteiger partial charge in [0, 0.05) is 25.3 Å². The Morgan fingerprint density at radius 1 is 1.44 bits per heavy atom. The first-order valence-corrected chi connectivity index (χ1v) is 6.39. The van der Waals surface area contributed by atoms with Crippen LogP contribution in [0.1, 0.15) is 18.4 Å². The van der Waals surface area contributed by atoms with E-state index in [2.05, 4.69) is 41.4 Å². The van der Waals surface area contributed by atoms with Crippen LogP contribution in [0.4, 0.5) is 5.69 Å². The third kappa shape index (κ3) is 3.47. The summed E-state index contributed by atoms with van der Waals surface area (Å²) in [4.78, 5) is 13.5. The average molecular weight is 247 g/mol. The van der Waals surface area contributed by atoms with Crippen molar-refractivity contribution in [1.82, 2.24) is 5.32 Å². The number of anilines is 1. The molecule has 1 aromatic rings. The smallest absolute Gasteiger partial charge is 0.236 e. The highest BCUT2D eigenvalue weighted by atomic mass is 16.1. The fraction of sp³-hybridized carbons (Fsp3) is 0.500. The van der Waals surface area contributed by atoms with E-state index < -0.39 is 0 Å². The van der Waals surface area contributed by atoms with E-state index in [4.69, 9.17) is 5.73 Å². The van der Waals surface area contributed by atoms with Crippen LogP contribution in [-0.2, 0) is 4.79 Å². The molecule has 4 nitrogen and oxygen atoms in total. The van der Waals surface area contributed by atoms with Gasteiger partial charge in [0.1, 0.15) is 6.04 Å². The highest BCUT2D eigenvalue weighted by molar-refractivity contribution is 5.80. The van der Waals surface area contributed by atoms with Gasteiger partial charge in [0.2, 0.25) is 5.91 Å². The van der Waals surface area contributed by atoms with Gasteiger partial charge in [-0.3, -0.25) is 4.79 Å². The molecule has 0 saturated heterocycles. The third-order valence-corrected chi connectivity index (χ3v) is 3.29. The number of rotatable bonds is 6. The number of carbonyl (C=O) groups is 1. The lowest BCUT2D eigenvalue weighted by Gasteiger charge is -2.25. The number of hydrogen-bond acceptors (Lipinski definition) is 3. The molecule has 1 fully saturated rings. The molecule has 2 rings (SSSR count). The lowest BCUT2D eigenvalue weighted by molar-refractivity contribution is -0.119. The molecule has 1 aromatic carbocycles. The van der Waals surface area contributed by atoms with Crippen molar-refractivity contribution >= 4 is 11.6 Å². The SMILES string of the molecule is Cc1ccc(N(C)CC(NC2CC2)C(N)=O)cc1. The van der Waals surface area contributed by atoms with Crippen molar-refractivity contribution in [1.29, 1.82) is 0 Å². The van der Waals surface area contributed by atoms with Crippen molar-refractivity contribution in [3.8, 4) is 0 Å². The third-order valence-electron chi connectivity index (χ3n) is 3.29. The molecule has 1 atom stereocenters. The number of carbonyl (C=O) groups excluding carboxylic acids is 1. The molecule has 0 bridgehead atoms. The molecule has 4 heteroatoms. The minimum Gasteiger partial charge on any atom is -0.372 e. The Labute approximate surface area is 108 Å². The minimum absolute atomic E-state index is 0.274. The van der Waals surface area contributed by atoms with E-state index in [0.29, 0.717) is 12.6 Å². The molecule has 18 heavy (non-hydrogen) atoms. The maximum Gasteiger partial charge on any atom is 0.236 e. The number of hydrogen-bond donors (Lipinski definition) is 2. The van der Waals surface area contributed by atoms with E-state index in [1.807, 2.05) is 7.05 Å². The number of nitrogens with one attached hydrogen (secondary N) is 1. The van der Waals surface area contributed by atoms with Crippen LogP contribution in [0.25, 0.3) is 0 Å². The molecular weight excluding hydrogens is 226 g/mol. The number of benzene rings is 1. The minimum atomic E-state index is -0.277. The van der Waals surface area contributed by atoms with Crippen molar-refractivity contribution in [2.75, 3.05) is 18.5 Å². The maximum absolute atomic E-state index is 11.4. The van der Waals surface area contributed by atoms with Gasteiger partial charge in [0.15, 0.2) is 0 Å². The van der Waals surface area contributed by atoms with Crippen molar-refractivity contribution < 1.29 is 4.79 Å². The highest BCUT2D eigenvalue weighted by Gasteiger charge is 2.27. The Morgan fingerprint density at radius 3 is 2.56 bits per heavy atom. The molecule has 3 N–H and O–H groups in total. The highest BCUT2D eigenvalue weighted by Crippen LogP contribution is 2.20. The molecule has 98 valence electrons. The van der Waals surface area contributed by atoms with Crippen LogP contribution < -0.4 is 16.0 Å². The standard InChI is InChI=1S/C14H21N3O/c1-10-3-7-12(8-4-10)17(2)9-13(14(15)18)16-11-5-6-11/h3-4,7-8,11,13,16H,5-6,9H2,1-2H3,(H2,15,18). The number of amides is 1. The summed E-state index contributed by atoms with van der Waals surface area (Å²) < 4.78 is 0. The van der Waals surface area contributed by atoms with Crippen LogP contribution in [-0.4, -0.2) is 31.6 Å². The fourth-order valence-electron chi connectivity index (χ4n) is 1.94. The van der Waals surface area contributed by atoms with Crippen molar-refractivity contribution in [3.63, 3.8) is 0 Å². The van der Waals surface area contributed by atoms with Gasteiger partial charge in [-0.15, -0.1) is 0 Å². The zero-order valence-corrected chi connectivity index (χ0v) is 11.0. The molecule has 0 spiro atoms. The largest absolute Gasteiger partial charge is 0.372 e. The van der Waals surface area contributed by atoms with Crippen LogP contribution in [0.5, 0.6) is 0 Å². The van der Waals surface area contributed by atoms with Gasteiger partial charge in [-0.25, -0.2) is 0 Å². The number of primary amides is 1. The van der Waals surface area contributed by atoms with Crippen LogP contribution in [0.15, 0.2) is 24.3 Å². The lowest BCUT2D eigenvalue weighted by Crippen LogP contribution is -2.49.